The van der Waals surface area contributed by atoms with Crippen LogP contribution in [0.3, 0.4) is 0 Å². The molecule has 0 aliphatic carbocycles. The highest BCUT2D eigenvalue weighted by atomic mass is 15.1. The van der Waals surface area contributed by atoms with Crippen LogP contribution in [0.4, 0.5) is 17.1 Å². The topological polar surface area (TPSA) is 8.17 Å². The molecule has 0 amide bonds. The Kier molecular flexibility index (Phi) is 8.55. The maximum atomic E-state index is 2.38. The van der Waals surface area contributed by atoms with E-state index in [0.29, 0.717) is 0 Å². The molecule has 2 heteroatoms. The average Bonchev–Trinajstić information content (AvgIpc) is 3.62. The van der Waals surface area contributed by atoms with Crippen molar-refractivity contribution in [2.75, 3.05) is 4.90 Å². The Bertz CT molecular complexity index is 2890. The second-order valence-corrected chi connectivity index (χ2v) is 14.2. The number of aromatic nitrogens is 1. The molecule has 0 aliphatic heterocycles. The Balaban J connectivity index is 1.05. The third-order valence-electron chi connectivity index (χ3n) is 10.8. The summed E-state index contributed by atoms with van der Waals surface area (Å²) in [5, 5.41) is 2.53. The van der Waals surface area contributed by atoms with E-state index in [1.807, 2.05) is 0 Å². The lowest BCUT2D eigenvalue weighted by Crippen LogP contribution is -2.10. The van der Waals surface area contributed by atoms with Gasteiger partial charge in [0.05, 0.1) is 11.0 Å². The minimum absolute atomic E-state index is 1.09. The third-order valence-corrected chi connectivity index (χ3v) is 10.8. The minimum Gasteiger partial charge on any atom is -0.310 e. The van der Waals surface area contributed by atoms with Gasteiger partial charge in [-0.1, -0.05) is 164 Å². The first-order chi connectivity index (χ1) is 27.8. The van der Waals surface area contributed by atoms with Crippen molar-refractivity contribution >= 4 is 38.9 Å². The van der Waals surface area contributed by atoms with E-state index in [4.69, 9.17) is 0 Å². The van der Waals surface area contributed by atoms with Crippen molar-refractivity contribution in [1.29, 1.82) is 0 Å². The number of anilines is 3. The first kappa shape index (κ1) is 33.2. The normalized spacial score (nSPS) is 11.2. The molecule has 1 aromatic heterocycles. The van der Waals surface area contributed by atoms with Crippen molar-refractivity contribution in [3.63, 3.8) is 0 Å². The second-order valence-electron chi connectivity index (χ2n) is 14.2. The van der Waals surface area contributed by atoms with E-state index >= 15 is 0 Å². The molecule has 1 heterocycles. The van der Waals surface area contributed by atoms with Crippen molar-refractivity contribution in [2.24, 2.45) is 0 Å². The highest BCUT2D eigenvalue weighted by Crippen LogP contribution is 2.39. The molecule has 9 aromatic carbocycles. The number of para-hydroxylation sites is 2. The van der Waals surface area contributed by atoms with Gasteiger partial charge in [-0.15, -0.1) is 0 Å². The molecule has 264 valence electrons. The predicted molar refractivity (Wildman–Crippen MR) is 237 cm³/mol. The largest absolute Gasteiger partial charge is 0.310 e. The fourth-order valence-corrected chi connectivity index (χ4v) is 8.04. The molecule has 0 fully saturated rings. The molecule has 2 nitrogen and oxygen atoms in total. The average molecular weight is 715 g/mol. The van der Waals surface area contributed by atoms with Gasteiger partial charge >= 0.3 is 0 Å². The zero-order chi connectivity index (χ0) is 37.3. The van der Waals surface area contributed by atoms with Crippen LogP contribution in [-0.4, -0.2) is 4.57 Å². The first-order valence-corrected chi connectivity index (χ1v) is 19.2. The summed E-state index contributed by atoms with van der Waals surface area (Å²) in [5.41, 5.74) is 16.4. The highest BCUT2D eigenvalue weighted by Gasteiger charge is 2.16. The fraction of sp³-hybridized carbons (Fsp3) is 0. The van der Waals surface area contributed by atoms with Gasteiger partial charge in [-0.2, -0.15) is 0 Å². The van der Waals surface area contributed by atoms with Crippen LogP contribution in [0.2, 0.25) is 0 Å². The first-order valence-electron chi connectivity index (χ1n) is 19.2. The molecular weight excluding hydrogens is 677 g/mol. The molecule has 0 saturated heterocycles. The molecule has 10 aromatic rings. The molecule has 0 spiro atoms. The quantitative estimate of drug-likeness (QED) is 0.152. The summed E-state index contributed by atoms with van der Waals surface area (Å²) in [7, 11) is 0. The lowest BCUT2D eigenvalue weighted by molar-refractivity contribution is 1.18. The second kappa shape index (κ2) is 14.4. The van der Waals surface area contributed by atoms with Crippen LogP contribution in [0.1, 0.15) is 0 Å². The summed E-state index contributed by atoms with van der Waals surface area (Å²) >= 11 is 0. The van der Waals surface area contributed by atoms with E-state index in [0.717, 1.165) is 28.3 Å². The Hall–Kier alpha value is -7.42. The van der Waals surface area contributed by atoms with E-state index < -0.39 is 0 Å². The van der Waals surface area contributed by atoms with Gasteiger partial charge in [0.1, 0.15) is 0 Å². The van der Waals surface area contributed by atoms with E-state index in [-0.39, 0.29) is 0 Å². The molecular formula is C54H38N2. The van der Waals surface area contributed by atoms with Gasteiger partial charge < -0.3 is 9.47 Å². The summed E-state index contributed by atoms with van der Waals surface area (Å²) in [6.07, 6.45) is 0. The van der Waals surface area contributed by atoms with E-state index in [1.165, 1.54) is 60.8 Å². The van der Waals surface area contributed by atoms with Crippen LogP contribution in [-0.2, 0) is 0 Å². The molecule has 0 radical (unpaired) electrons. The number of hydrogen-bond donors (Lipinski definition) is 0. The van der Waals surface area contributed by atoms with Gasteiger partial charge in [0, 0.05) is 33.5 Å². The number of nitrogens with zero attached hydrogens (tertiary/aromatic N) is 2. The molecule has 10 rings (SSSR count). The molecule has 0 bridgehead atoms. The summed E-state index contributed by atoms with van der Waals surface area (Å²) in [6.45, 7) is 0. The smallest absolute Gasteiger partial charge is 0.0541 e. The van der Waals surface area contributed by atoms with Gasteiger partial charge in [0.15, 0.2) is 0 Å². The van der Waals surface area contributed by atoms with Crippen molar-refractivity contribution in [2.45, 2.75) is 0 Å². The lowest BCUT2D eigenvalue weighted by Gasteiger charge is -2.26. The van der Waals surface area contributed by atoms with Crippen molar-refractivity contribution in [3.05, 3.63) is 231 Å². The highest BCUT2D eigenvalue weighted by molar-refractivity contribution is 6.09. The Morgan fingerprint density at radius 3 is 1.21 bits per heavy atom. The maximum Gasteiger partial charge on any atom is 0.0541 e. The monoisotopic (exact) mass is 714 g/mol. The van der Waals surface area contributed by atoms with Crippen LogP contribution < -0.4 is 4.90 Å². The molecule has 0 atom stereocenters. The van der Waals surface area contributed by atoms with Gasteiger partial charge in [-0.25, -0.2) is 0 Å². The van der Waals surface area contributed by atoms with Gasteiger partial charge in [-0.3, -0.25) is 0 Å². The summed E-state index contributed by atoms with van der Waals surface area (Å²) < 4.78 is 2.38. The zero-order valence-corrected chi connectivity index (χ0v) is 30.8. The molecule has 0 saturated carbocycles. The van der Waals surface area contributed by atoms with Gasteiger partial charge in [-0.05, 0) is 111 Å². The van der Waals surface area contributed by atoms with E-state index in [2.05, 4.69) is 240 Å². The van der Waals surface area contributed by atoms with Crippen molar-refractivity contribution < 1.29 is 0 Å². The van der Waals surface area contributed by atoms with Crippen molar-refractivity contribution in [1.82, 2.24) is 4.57 Å². The number of fused-ring (bicyclic) bond motifs is 3. The standard InChI is InChI=1S/C54H38N2/c1-3-14-39(15-4-1)41-28-32-47(33-29-41)55(48-34-30-42(31-35-48)44-19-11-18-43(36-44)40-16-5-2-6-17-40)49-22-12-20-45(37-49)46-21-13-23-50(38-46)56-53-26-9-7-24-51(53)52-25-8-10-27-54(52)56/h1-38H. The summed E-state index contributed by atoms with van der Waals surface area (Å²) in [5.74, 6) is 0. The van der Waals surface area contributed by atoms with Crippen LogP contribution in [0, 0.1) is 0 Å². The van der Waals surface area contributed by atoms with Crippen LogP contribution in [0.15, 0.2) is 231 Å². The lowest BCUT2D eigenvalue weighted by atomic mass is 9.98. The van der Waals surface area contributed by atoms with Crippen LogP contribution in [0.25, 0.3) is 72.0 Å². The summed E-state index contributed by atoms with van der Waals surface area (Å²) in [4.78, 5) is 2.36. The Labute approximate surface area is 327 Å². The van der Waals surface area contributed by atoms with Crippen LogP contribution >= 0.6 is 0 Å². The Morgan fingerprint density at radius 1 is 0.250 bits per heavy atom. The van der Waals surface area contributed by atoms with Crippen molar-refractivity contribution in [3.8, 4) is 50.2 Å². The predicted octanol–water partition coefficient (Wildman–Crippen LogP) is 14.9. The minimum atomic E-state index is 1.09. The number of benzene rings is 9. The summed E-state index contributed by atoms with van der Waals surface area (Å²) in [6, 6.07) is 83.0. The molecule has 0 N–H and O–H groups in total. The Morgan fingerprint density at radius 2 is 0.643 bits per heavy atom. The number of hydrogen-bond acceptors (Lipinski definition) is 1. The third kappa shape index (κ3) is 6.24. The fourth-order valence-electron chi connectivity index (χ4n) is 8.04. The number of rotatable bonds is 8. The van der Waals surface area contributed by atoms with E-state index in [1.54, 1.807) is 0 Å². The zero-order valence-electron chi connectivity index (χ0n) is 30.8. The molecule has 0 unspecified atom stereocenters. The van der Waals surface area contributed by atoms with Gasteiger partial charge in [0.2, 0.25) is 0 Å². The molecule has 0 aliphatic rings. The maximum absolute atomic E-state index is 2.38. The van der Waals surface area contributed by atoms with E-state index in [9.17, 15) is 0 Å². The van der Waals surface area contributed by atoms with Crippen LogP contribution in [0.5, 0.6) is 0 Å². The van der Waals surface area contributed by atoms with Gasteiger partial charge in [0.25, 0.3) is 0 Å². The SMILES string of the molecule is c1ccc(-c2ccc(N(c3ccc(-c4cccc(-c5ccccc5)c4)cc3)c3cccc(-c4cccc(-n5c6ccccc6c6ccccc65)c4)c3)cc2)cc1. The molecule has 56 heavy (non-hydrogen) atoms.